The first kappa shape index (κ1) is 18.4. The SMILES string of the molecule is Cc1oc(-c2ccccc2)nc1CN1CCN(S(=O)(=O)c2cccs2)CC1. The molecule has 2 aromatic heterocycles. The molecule has 0 N–H and O–H groups in total. The lowest BCUT2D eigenvalue weighted by Gasteiger charge is -2.33. The van der Waals surface area contributed by atoms with E-state index >= 15 is 0 Å². The highest BCUT2D eigenvalue weighted by Gasteiger charge is 2.29. The molecule has 27 heavy (non-hydrogen) atoms. The van der Waals surface area contributed by atoms with Gasteiger partial charge in [-0.25, -0.2) is 13.4 Å². The molecule has 1 saturated heterocycles. The number of aromatic nitrogens is 1. The third-order valence-electron chi connectivity index (χ3n) is 4.71. The second-order valence-electron chi connectivity index (χ2n) is 6.50. The first-order valence-electron chi connectivity index (χ1n) is 8.82. The fourth-order valence-electron chi connectivity index (χ4n) is 3.16. The number of piperazine rings is 1. The monoisotopic (exact) mass is 403 g/mol. The van der Waals surface area contributed by atoms with Crippen molar-refractivity contribution in [1.82, 2.24) is 14.2 Å². The van der Waals surface area contributed by atoms with E-state index in [0.717, 1.165) is 17.0 Å². The number of aryl methyl sites for hydroxylation is 1. The normalized spacial score (nSPS) is 16.6. The average molecular weight is 404 g/mol. The van der Waals surface area contributed by atoms with Crippen LogP contribution < -0.4 is 0 Å². The summed E-state index contributed by atoms with van der Waals surface area (Å²) in [4.78, 5) is 6.87. The number of rotatable bonds is 5. The van der Waals surface area contributed by atoms with E-state index < -0.39 is 10.0 Å². The zero-order chi connectivity index (χ0) is 18.9. The molecule has 0 saturated carbocycles. The maximum absolute atomic E-state index is 12.6. The van der Waals surface area contributed by atoms with Gasteiger partial charge in [-0.3, -0.25) is 4.90 Å². The molecule has 142 valence electrons. The highest BCUT2D eigenvalue weighted by molar-refractivity contribution is 7.91. The van der Waals surface area contributed by atoms with Gasteiger partial charge in [0.15, 0.2) is 0 Å². The molecule has 1 aliphatic heterocycles. The molecule has 0 bridgehead atoms. The Balaban J connectivity index is 1.41. The van der Waals surface area contributed by atoms with Gasteiger partial charge in [-0.05, 0) is 30.5 Å². The Bertz CT molecular complexity index is 990. The summed E-state index contributed by atoms with van der Waals surface area (Å²) in [5.74, 6) is 1.43. The van der Waals surface area contributed by atoms with Crippen LogP contribution in [0.2, 0.25) is 0 Å². The van der Waals surface area contributed by atoms with E-state index in [0.29, 0.717) is 42.8 Å². The number of thiophene rings is 1. The fourth-order valence-corrected chi connectivity index (χ4v) is 5.72. The second-order valence-corrected chi connectivity index (χ2v) is 9.61. The van der Waals surface area contributed by atoms with Crippen molar-refractivity contribution in [3.05, 3.63) is 59.3 Å². The molecule has 6 nitrogen and oxygen atoms in total. The van der Waals surface area contributed by atoms with Gasteiger partial charge in [-0.15, -0.1) is 11.3 Å². The van der Waals surface area contributed by atoms with Crippen molar-refractivity contribution in [2.45, 2.75) is 17.7 Å². The first-order chi connectivity index (χ1) is 13.0. The van der Waals surface area contributed by atoms with Crippen LogP contribution in [0.15, 0.2) is 56.5 Å². The molecule has 3 aromatic rings. The summed E-state index contributed by atoms with van der Waals surface area (Å²) in [6.07, 6.45) is 0. The summed E-state index contributed by atoms with van der Waals surface area (Å²) in [5, 5.41) is 1.79. The van der Waals surface area contributed by atoms with E-state index in [4.69, 9.17) is 4.42 Å². The van der Waals surface area contributed by atoms with E-state index in [1.807, 2.05) is 37.3 Å². The minimum absolute atomic E-state index is 0.413. The number of oxazole rings is 1. The van der Waals surface area contributed by atoms with Crippen LogP contribution in [0.3, 0.4) is 0 Å². The van der Waals surface area contributed by atoms with Crippen LogP contribution in [-0.4, -0.2) is 48.8 Å². The summed E-state index contributed by atoms with van der Waals surface area (Å²) in [6, 6.07) is 13.3. The predicted octanol–water partition coefficient (Wildman–Crippen LogP) is 3.22. The molecule has 4 rings (SSSR count). The molecule has 1 aromatic carbocycles. The number of hydrogen-bond acceptors (Lipinski definition) is 6. The van der Waals surface area contributed by atoms with E-state index in [1.54, 1.807) is 21.8 Å². The van der Waals surface area contributed by atoms with Gasteiger partial charge in [-0.1, -0.05) is 24.3 Å². The minimum Gasteiger partial charge on any atom is -0.441 e. The van der Waals surface area contributed by atoms with Crippen molar-refractivity contribution in [1.29, 1.82) is 0 Å². The molecule has 0 amide bonds. The number of sulfonamides is 1. The number of hydrogen-bond donors (Lipinski definition) is 0. The van der Waals surface area contributed by atoms with Crippen LogP contribution in [0, 0.1) is 6.92 Å². The Hall–Kier alpha value is -2.00. The van der Waals surface area contributed by atoms with E-state index in [-0.39, 0.29) is 0 Å². The average Bonchev–Trinajstić information content (AvgIpc) is 3.34. The van der Waals surface area contributed by atoms with Gasteiger partial charge in [0.25, 0.3) is 10.0 Å². The largest absolute Gasteiger partial charge is 0.441 e. The van der Waals surface area contributed by atoms with Crippen molar-refractivity contribution >= 4 is 21.4 Å². The Morgan fingerprint density at radius 2 is 1.81 bits per heavy atom. The van der Waals surface area contributed by atoms with Crippen LogP contribution in [-0.2, 0) is 16.6 Å². The number of nitrogens with zero attached hydrogens (tertiary/aromatic N) is 3. The third-order valence-corrected chi connectivity index (χ3v) is 7.98. The van der Waals surface area contributed by atoms with Gasteiger partial charge >= 0.3 is 0 Å². The second kappa shape index (κ2) is 7.55. The van der Waals surface area contributed by atoms with Gasteiger partial charge < -0.3 is 4.42 Å². The van der Waals surface area contributed by atoms with Crippen molar-refractivity contribution in [3.63, 3.8) is 0 Å². The minimum atomic E-state index is -3.36. The lowest BCUT2D eigenvalue weighted by molar-refractivity contribution is 0.179. The van der Waals surface area contributed by atoms with Crippen molar-refractivity contribution in [2.75, 3.05) is 26.2 Å². The van der Waals surface area contributed by atoms with Crippen LogP contribution >= 0.6 is 11.3 Å². The molecule has 0 unspecified atom stereocenters. The van der Waals surface area contributed by atoms with E-state index in [1.165, 1.54) is 11.3 Å². The third kappa shape index (κ3) is 3.84. The van der Waals surface area contributed by atoms with Crippen molar-refractivity contribution < 1.29 is 12.8 Å². The summed E-state index contributed by atoms with van der Waals surface area (Å²) >= 11 is 1.26. The molecule has 1 aliphatic rings. The Labute approximate surface area is 163 Å². The fraction of sp³-hybridized carbons (Fsp3) is 0.316. The molecular formula is C19H21N3O3S2. The highest BCUT2D eigenvalue weighted by atomic mass is 32.2. The Morgan fingerprint density at radius 3 is 2.48 bits per heavy atom. The molecule has 3 heterocycles. The van der Waals surface area contributed by atoms with Gasteiger partial charge in [-0.2, -0.15) is 4.31 Å². The topological polar surface area (TPSA) is 66.7 Å². The van der Waals surface area contributed by atoms with Gasteiger partial charge in [0.05, 0.1) is 5.69 Å². The van der Waals surface area contributed by atoms with E-state index in [2.05, 4.69) is 9.88 Å². The van der Waals surface area contributed by atoms with Gasteiger partial charge in [0, 0.05) is 38.3 Å². The molecule has 0 aliphatic carbocycles. The van der Waals surface area contributed by atoms with Crippen LogP contribution in [0.4, 0.5) is 0 Å². The van der Waals surface area contributed by atoms with Crippen molar-refractivity contribution in [3.8, 4) is 11.5 Å². The highest BCUT2D eigenvalue weighted by Crippen LogP contribution is 2.24. The summed E-state index contributed by atoms with van der Waals surface area (Å²) in [5.41, 5.74) is 1.86. The molecular weight excluding hydrogens is 382 g/mol. The summed E-state index contributed by atoms with van der Waals surface area (Å²) in [6.45, 7) is 4.92. The standard InChI is InChI=1S/C19H21N3O3S2/c1-15-17(20-19(25-15)16-6-3-2-4-7-16)14-21-9-11-22(12-10-21)27(23,24)18-8-5-13-26-18/h2-8,13H,9-12,14H2,1H3. The van der Waals surface area contributed by atoms with Crippen LogP contribution in [0.5, 0.6) is 0 Å². The maximum atomic E-state index is 12.6. The zero-order valence-electron chi connectivity index (χ0n) is 15.0. The summed E-state index contributed by atoms with van der Waals surface area (Å²) < 4.78 is 33.0. The number of benzene rings is 1. The predicted molar refractivity (Wildman–Crippen MR) is 105 cm³/mol. The maximum Gasteiger partial charge on any atom is 0.252 e. The molecule has 1 fully saturated rings. The Kier molecular flexibility index (Phi) is 5.14. The first-order valence-corrected chi connectivity index (χ1v) is 11.1. The van der Waals surface area contributed by atoms with Gasteiger partial charge in [0.2, 0.25) is 5.89 Å². The van der Waals surface area contributed by atoms with E-state index in [9.17, 15) is 8.42 Å². The summed E-state index contributed by atoms with van der Waals surface area (Å²) in [7, 11) is -3.36. The zero-order valence-corrected chi connectivity index (χ0v) is 16.7. The quantitative estimate of drug-likeness (QED) is 0.654. The van der Waals surface area contributed by atoms with Crippen LogP contribution in [0.1, 0.15) is 11.5 Å². The van der Waals surface area contributed by atoms with Crippen LogP contribution in [0.25, 0.3) is 11.5 Å². The lowest BCUT2D eigenvalue weighted by Crippen LogP contribution is -2.48. The van der Waals surface area contributed by atoms with Crippen molar-refractivity contribution in [2.24, 2.45) is 0 Å². The smallest absolute Gasteiger partial charge is 0.252 e. The lowest BCUT2D eigenvalue weighted by atomic mass is 10.2. The molecule has 0 radical (unpaired) electrons. The molecule has 0 atom stereocenters. The molecule has 8 heteroatoms. The van der Waals surface area contributed by atoms with Gasteiger partial charge in [0.1, 0.15) is 9.97 Å². The molecule has 0 spiro atoms. The Morgan fingerprint density at radius 1 is 1.07 bits per heavy atom.